The number of hydrogen-bond donors (Lipinski definition) is 2. The van der Waals surface area contributed by atoms with Gasteiger partial charge in [0.1, 0.15) is 5.75 Å². The van der Waals surface area contributed by atoms with Crippen LogP contribution < -0.4 is 15.4 Å². The maximum atomic E-state index is 5.73. The van der Waals surface area contributed by atoms with Crippen molar-refractivity contribution in [3.63, 3.8) is 0 Å². The van der Waals surface area contributed by atoms with Crippen LogP contribution in [0.1, 0.15) is 31.2 Å². The Hall–Kier alpha value is -0.630. The van der Waals surface area contributed by atoms with E-state index in [1.54, 1.807) is 0 Å². The Morgan fingerprint density at radius 2 is 2.04 bits per heavy atom. The number of rotatable bonds is 8. The van der Waals surface area contributed by atoms with Crippen molar-refractivity contribution >= 4 is 41.7 Å². The van der Waals surface area contributed by atoms with Crippen LogP contribution in [0.3, 0.4) is 0 Å². The zero-order valence-electron chi connectivity index (χ0n) is 14.7. The lowest BCUT2D eigenvalue weighted by atomic mass is 10.2. The standard InChI is InChI=1S/C18H29N3OS.HI/c1-15-7-9-16(10-8-15)22-12-4-3-11-20-18(19-2)21-14-17-6-5-13-23-17;/h7-10,17H,3-6,11-14H2,1-2H3,(H2,19,20,21);1H. The Kier molecular flexibility index (Phi) is 11.3. The number of aliphatic imine (C=N–C) groups is 1. The maximum absolute atomic E-state index is 5.73. The summed E-state index contributed by atoms with van der Waals surface area (Å²) in [6.07, 6.45) is 4.79. The molecule has 0 bridgehead atoms. The van der Waals surface area contributed by atoms with Crippen LogP contribution >= 0.6 is 35.7 Å². The van der Waals surface area contributed by atoms with Gasteiger partial charge in [-0.25, -0.2) is 0 Å². The third-order valence-electron chi connectivity index (χ3n) is 3.90. The fourth-order valence-corrected chi connectivity index (χ4v) is 3.70. The van der Waals surface area contributed by atoms with E-state index in [9.17, 15) is 0 Å². The second-order valence-corrected chi connectivity index (χ2v) is 7.29. The third kappa shape index (κ3) is 8.46. The highest BCUT2D eigenvalue weighted by Gasteiger charge is 2.15. The van der Waals surface area contributed by atoms with E-state index < -0.39 is 0 Å². The van der Waals surface area contributed by atoms with E-state index in [0.29, 0.717) is 0 Å². The molecule has 2 N–H and O–H groups in total. The van der Waals surface area contributed by atoms with Crippen molar-refractivity contribution in [1.29, 1.82) is 0 Å². The molecular weight excluding hydrogens is 433 g/mol. The SMILES string of the molecule is CN=C(NCCCCOc1ccc(C)cc1)NCC1CCCS1.I. The molecule has 0 radical (unpaired) electrons. The number of halogens is 1. The van der Waals surface area contributed by atoms with Gasteiger partial charge in [0.15, 0.2) is 5.96 Å². The van der Waals surface area contributed by atoms with Gasteiger partial charge in [0.05, 0.1) is 6.61 Å². The number of thioether (sulfide) groups is 1. The summed E-state index contributed by atoms with van der Waals surface area (Å²) in [5.74, 6) is 3.17. The topological polar surface area (TPSA) is 45.7 Å². The first-order chi connectivity index (χ1) is 11.3. The summed E-state index contributed by atoms with van der Waals surface area (Å²) < 4.78 is 5.73. The first-order valence-corrected chi connectivity index (χ1v) is 9.58. The third-order valence-corrected chi connectivity index (χ3v) is 5.30. The molecule has 2 rings (SSSR count). The second kappa shape index (κ2) is 12.7. The van der Waals surface area contributed by atoms with Gasteiger partial charge in [-0.05, 0) is 50.5 Å². The van der Waals surface area contributed by atoms with Crippen molar-refractivity contribution < 1.29 is 4.74 Å². The average Bonchev–Trinajstić information content (AvgIpc) is 3.08. The van der Waals surface area contributed by atoms with Crippen LogP contribution in [0.25, 0.3) is 0 Å². The Bertz CT molecular complexity index is 476. The zero-order chi connectivity index (χ0) is 16.3. The Morgan fingerprint density at radius 3 is 2.71 bits per heavy atom. The molecule has 24 heavy (non-hydrogen) atoms. The number of unbranched alkanes of at least 4 members (excludes halogenated alkanes) is 1. The van der Waals surface area contributed by atoms with E-state index in [2.05, 4.69) is 46.4 Å². The van der Waals surface area contributed by atoms with Crippen molar-refractivity contribution in [3.8, 4) is 5.75 Å². The van der Waals surface area contributed by atoms with E-state index in [4.69, 9.17) is 4.74 Å². The van der Waals surface area contributed by atoms with Crippen LogP contribution in [0, 0.1) is 6.92 Å². The summed E-state index contributed by atoms with van der Waals surface area (Å²) in [4.78, 5) is 4.28. The number of guanidine groups is 1. The number of nitrogens with zero attached hydrogens (tertiary/aromatic N) is 1. The molecule has 1 aromatic carbocycles. The minimum absolute atomic E-state index is 0. The van der Waals surface area contributed by atoms with Gasteiger partial charge >= 0.3 is 0 Å². The molecular formula is C18H30IN3OS. The molecule has 1 heterocycles. The molecule has 0 aliphatic carbocycles. The lowest BCUT2D eigenvalue weighted by Crippen LogP contribution is -2.40. The van der Waals surface area contributed by atoms with Gasteiger partial charge in [-0.3, -0.25) is 4.99 Å². The Morgan fingerprint density at radius 1 is 1.25 bits per heavy atom. The van der Waals surface area contributed by atoms with Crippen molar-refractivity contribution in [2.75, 3.05) is 32.5 Å². The van der Waals surface area contributed by atoms with Crippen LogP contribution in [-0.2, 0) is 0 Å². The van der Waals surface area contributed by atoms with Gasteiger partial charge in [-0.1, -0.05) is 17.7 Å². The summed E-state index contributed by atoms with van der Waals surface area (Å²) in [7, 11) is 1.83. The van der Waals surface area contributed by atoms with Gasteiger partial charge in [-0.2, -0.15) is 11.8 Å². The minimum atomic E-state index is 0. The molecule has 6 heteroatoms. The molecule has 1 aliphatic rings. The summed E-state index contributed by atoms with van der Waals surface area (Å²) in [6.45, 7) is 4.78. The fourth-order valence-electron chi connectivity index (χ4n) is 2.49. The molecule has 1 atom stereocenters. The molecule has 1 aliphatic heterocycles. The van der Waals surface area contributed by atoms with Crippen LogP contribution in [0.4, 0.5) is 0 Å². The highest BCUT2D eigenvalue weighted by atomic mass is 127. The Balaban J connectivity index is 0.00000288. The summed E-state index contributed by atoms with van der Waals surface area (Å²) in [5.41, 5.74) is 1.26. The quantitative estimate of drug-likeness (QED) is 0.266. The first kappa shape index (κ1) is 21.4. The highest BCUT2D eigenvalue weighted by molar-refractivity contribution is 14.0. The molecule has 1 unspecified atom stereocenters. The summed E-state index contributed by atoms with van der Waals surface area (Å²) in [6, 6.07) is 8.21. The minimum Gasteiger partial charge on any atom is -0.494 e. The second-order valence-electron chi connectivity index (χ2n) is 5.88. The van der Waals surface area contributed by atoms with Gasteiger partial charge in [0, 0.05) is 25.4 Å². The van der Waals surface area contributed by atoms with Crippen molar-refractivity contribution in [2.45, 2.75) is 37.9 Å². The van der Waals surface area contributed by atoms with Crippen LogP contribution in [0.5, 0.6) is 5.75 Å². The lowest BCUT2D eigenvalue weighted by molar-refractivity contribution is 0.307. The summed E-state index contributed by atoms with van der Waals surface area (Å²) in [5, 5.41) is 7.54. The lowest BCUT2D eigenvalue weighted by Gasteiger charge is -2.14. The molecule has 0 spiro atoms. The largest absolute Gasteiger partial charge is 0.494 e. The molecule has 1 saturated heterocycles. The molecule has 0 aromatic heterocycles. The predicted octanol–water partition coefficient (Wildman–Crippen LogP) is 3.83. The first-order valence-electron chi connectivity index (χ1n) is 8.53. The van der Waals surface area contributed by atoms with Crippen molar-refractivity contribution in [3.05, 3.63) is 29.8 Å². The number of hydrogen-bond acceptors (Lipinski definition) is 3. The van der Waals surface area contributed by atoms with E-state index in [0.717, 1.165) is 49.5 Å². The van der Waals surface area contributed by atoms with Crippen LogP contribution in [-0.4, -0.2) is 43.7 Å². The number of ether oxygens (including phenoxy) is 1. The molecule has 0 amide bonds. The normalized spacial score (nSPS) is 17.2. The van der Waals surface area contributed by atoms with E-state index in [1.807, 2.05) is 19.2 Å². The van der Waals surface area contributed by atoms with Crippen molar-refractivity contribution in [1.82, 2.24) is 10.6 Å². The zero-order valence-corrected chi connectivity index (χ0v) is 17.9. The molecule has 136 valence electrons. The highest BCUT2D eigenvalue weighted by Crippen LogP contribution is 2.25. The smallest absolute Gasteiger partial charge is 0.191 e. The molecule has 0 saturated carbocycles. The number of aryl methyl sites for hydroxylation is 1. The molecule has 1 aromatic rings. The molecule has 4 nitrogen and oxygen atoms in total. The summed E-state index contributed by atoms with van der Waals surface area (Å²) >= 11 is 2.07. The van der Waals surface area contributed by atoms with Gasteiger partial charge in [0.2, 0.25) is 0 Å². The van der Waals surface area contributed by atoms with E-state index in [1.165, 1.54) is 24.2 Å². The van der Waals surface area contributed by atoms with Crippen LogP contribution in [0.2, 0.25) is 0 Å². The van der Waals surface area contributed by atoms with Gasteiger partial charge < -0.3 is 15.4 Å². The van der Waals surface area contributed by atoms with E-state index in [-0.39, 0.29) is 24.0 Å². The maximum Gasteiger partial charge on any atom is 0.191 e. The van der Waals surface area contributed by atoms with Gasteiger partial charge in [0.25, 0.3) is 0 Å². The number of benzene rings is 1. The fraction of sp³-hybridized carbons (Fsp3) is 0.611. The predicted molar refractivity (Wildman–Crippen MR) is 116 cm³/mol. The Labute approximate surface area is 167 Å². The van der Waals surface area contributed by atoms with Crippen LogP contribution in [0.15, 0.2) is 29.3 Å². The van der Waals surface area contributed by atoms with E-state index >= 15 is 0 Å². The average molecular weight is 463 g/mol. The van der Waals surface area contributed by atoms with Gasteiger partial charge in [-0.15, -0.1) is 24.0 Å². The number of nitrogens with one attached hydrogen (secondary N) is 2. The van der Waals surface area contributed by atoms with Crippen molar-refractivity contribution in [2.24, 2.45) is 4.99 Å². The molecule has 1 fully saturated rings. The monoisotopic (exact) mass is 463 g/mol.